The quantitative estimate of drug-likeness (QED) is 0.476. The van der Waals surface area contributed by atoms with Crippen LogP contribution >= 0.6 is 0 Å². The van der Waals surface area contributed by atoms with Gasteiger partial charge in [0.1, 0.15) is 0 Å². The van der Waals surface area contributed by atoms with Crippen molar-refractivity contribution in [1.82, 2.24) is 0 Å². The predicted octanol–water partition coefficient (Wildman–Crippen LogP) is 2.96. The fourth-order valence-electron chi connectivity index (χ4n) is 6.80. The Bertz CT molecular complexity index is 514. The largest absolute Gasteiger partial charge is 0.365 e. The fraction of sp³-hybridized carbons (Fsp3) is 0.895. The molecule has 0 heterocycles. The van der Waals surface area contributed by atoms with E-state index in [0.29, 0.717) is 30.2 Å². The first-order valence-corrected chi connectivity index (χ1v) is 9.20. The zero-order chi connectivity index (χ0) is 15.8. The normalized spacial score (nSPS) is 53.2. The molecule has 124 valence electrons. The monoisotopic (exact) mass is 305 g/mol. The minimum atomic E-state index is -1.53. The summed E-state index contributed by atoms with van der Waals surface area (Å²) in [5.74, 6) is 0.118. The predicted molar refractivity (Wildman–Crippen MR) is 86.8 cm³/mol. The first-order chi connectivity index (χ1) is 10.3. The molecule has 0 spiro atoms. The van der Waals surface area contributed by atoms with E-state index in [-0.39, 0.29) is 5.41 Å². The van der Waals surface area contributed by atoms with Crippen LogP contribution in [0.4, 0.5) is 0 Å². The first-order valence-electron chi connectivity index (χ1n) is 9.20. The van der Waals surface area contributed by atoms with Crippen molar-refractivity contribution >= 4 is 0 Å². The van der Waals surface area contributed by atoms with E-state index in [0.717, 1.165) is 38.5 Å². The van der Waals surface area contributed by atoms with Crippen molar-refractivity contribution in [2.75, 3.05) is 0 Å². The molecule has 0 saturated heterocycles. The third-order valence-corrected chi connectivity index (χ3v) is 8.36. The van der Waals surface area contributed by atoms with Crippen LogP contribution in [0.25, 0.3) is 0 Å². The molecule has 6 atom stereocenters. The molecule has 0 aliphatic heterocycles. The van der Waals surface area contributed by atoms with E-state index in [2.05, 4.69) is 19.9 Å². The molecule has 3 nitrogen and oxygen atoms in total. The van der Waals surface area contributed by atoms with Crippen LogP contribution in [0, 0.1) is 28.6 Å². The van der Waals surface area contributed by atoms with Gasteiger partial charge in [0.05, 0.1) is 0 Å². The fourth-order valence-corrected chi connectivity index (χ4v) is 6.80. The molecule has 4 N–H and O–H groups in total. The average Bonchev–Trinajstić information content (AvgIpc) is 2.76. The van der Waals surface area contributed by atoms with E-state index in [9.17, 15) is 10.2 Å². The van der Waals surface area contributed by atoms with Gasteiger partial charge in [0.25, 0.3) is 0 Å². The number of hydrogen-bond acceptors (Lipinski definition) is 3. The van der Waals surface area contributed by atoms with Gasteiger partial charge in [-0.2, -0.15) is 0 Å². The lowest BCUT2D eigenvalue weighted by atomic mass is 9.46. The van der Waals surface area contributed by atoms with Crippen LogP contribution < -0.4 is 5.73 Å². The van der Waals surface area contributed by atoms with Gasteiger partial charge in [0.2, 0.25) is 0 Å². The summed E-state index contributed by atoms with van der Waals surface area (Å²) in [6.07, 6.45) is 10.6. The van der Waals surface area contributed by atoms with Gasteiger partial charge in [0, 0.05) is 17.9 Å². The SMILES string of the molecule is C[C@]12CC[C@H]3[C@@H](CC=C4CCCC(O)(O)[C@@]43C)[C@@H]1CC[C@@H]2N. The molecule has 0 aromatic carbocycles. The number of nitrogens with two attached hydrogens (primary N) is 1. The Morgan fingerprint density at radius 3 is 2.64 bits per heavy atom. The third kappa shape index (κ3) is 1.68. The van der Waals surface area contributed by atoms with Crippen LogP contribution in [-0.2, 0) is 0 Å². The summed E-state index contributed by atoms with van der Waals surface area (Å²) >= 11 is 0. The molecule has 0 unspecified atom stereocenters. The minimum Gasteiger partial charge on any atom is -0.365 e. The van der Waals surface area contributed by atoms with E-state index >= 15 is 0 Å². The Balaban J connectivity index is 1.75. The molecule has 3 saturated carbocycles. The highest BCUT2D eigenvalue weighted by Crippen LogP contribution is 2.66. The highest BCUT2D eigenvalue weighted by Gasteiger charge is 2.63. The summed E-state index contributed by atoms with van der Waals surface area (Å²) in [6.45, 7) is 4.52. The maximum atomic E-state index is 10.8. The van der Waals surface area contributed by atoms with Gasteiger partial charge in [0.15, 0.2) is 5.79 Å². The number of aliphatic hydroxyl groups is 2. The first kappa shape index (κ1) is 15.2. The van der Waals surface area contributed by atoms with E-state index in [4.69, 9.17) is 5.73 Å². The second-order valence-electron chi connectivity index (χ2n) is 8.94. The molecule has 4 rings (SSSR count). The second-order valence-corrected chi connectivity index (χ2v) is 8.94. The molecular weight excluding hydrogens is 274 g/mol. The van der Waals surface area contributed by atoms with Crippen LogP contribution in [0.2, 0.25) is 0 Å². The molecule has 4 aliphatic rings. The Morgan fingerprint density at radius 2 is 1.86 bits per heavy atom. The van der Waals surface area contributed by atoms with Crippen LogP contribution in [0.15, 0.2) is 11.6 Å². The van der Waals surface area contributed by atoms with E-state index < -0.39 is 11.2 Å². The summed E-state index contributed by atoms with van der Waals surface area (Å²) in [7, 11) is 0. The summed E-state index contributed by atoms with van der Waals surface area (Å²) < 4.78 is 0. The lowest BCUT2D eigenvalue weighted by Gasteiger charge is -2.60. The van der Waals surface area contributed by atoms with Crippen LogP contribution in [-0.4, -0.2) is 22.0 Å². The Kier molecular flexibility index (Phi) is 3.16. The van der Waals surface area contributed by atoms with E-state index in [1.807, 2.05) is 0 Å². The summed E-state index contributed by atoms with van der Waals surface area (Å²) in [5.41, 5.74) is 7.59. The average molecular weight is 305 g/mol. The topological polar surface area (TPSA) is 66.5 Å². The minimum absolute atomic E-state index is 0.269. The molecular formula is C19H31NO2. The molecule has 0 amide bonds. The lowest BCUT2D eigenvalue weighted by molar-refractivity contribution is -0.268. The van der Waals surface area contributed by atoms with E-state index in [1.165, 1.54) is 12.0 Å². The van der Waals surface area contributed by atoms with Crippen molar-refractivity contribution < 1.29 is 10.2 Å². The molecule has 3 fully saturated rings. The Labute approximate surface area is 134 Å². The highest BCUT2D eigenvalue weighted by atomic mass is 16.5. The third-order valence-electron chi connectivity index (χ3n) is 8.36. The standard InChI is InChI=1S/C19H31NO2/c1-17-11-9-15-13(14(17)7-8-16(17)20)6-5-12-4-3-10-19(21,22)18(12,15)2/h5,13-16,21-22H,3-4,6-11,20H2,1-2H3/t13-,14-,15-,16-,17-,18-/m0/s1. The summed E-state index contributed by atoms with van der Waals surface area (Å²) in [5, 5.41) is 21.6. The molecule has 0 bridgehead atoms. The number of allylic oxidation sites excluding steroid dienone is 1. The van der Waals surface area contributed by atoms with Crippen molar-refractivity contribution in [3.63, 3.8) is 0 Å². The molecule has 22 heavy (non-hydrogen) atoms. The molecule has 0 aromatic rings. The molecule has 4 aliphatic carbocycles. The van der Waals surface area contributed by atoms with E-state index in [1.54, 1.807) is 0 Å². The Hall–Kier alpha value is -0.380. The van der Waals surface area contributed by atoms with Crippen molar-refractivity contribution in [2.24, 2.45) is 34.3 Å². The van der Waals surface area contributed by atoms with Gasteiger partial charge in [-0.1, -0.05) is 25.5 Å². The van der Waals surface area contributed by atoms with Gasteiger partial charge in [-0.25, -0.2) is 0 Å². The van der Waals surface area contributed by atoms with Crippen molar-refractivity contribution in [3.8, 4) is 0 Å². The Morgan fingerprint density at radius 1 is 1.09 bits per heavy atom. The van der Waals surface area contributed by atoms with Gasteiger partial charge in [-0.05, 0) is 68.1 Å². The number of fused-ring (bicyclic) bond motifs is 5. The second kappa shape index (κ2) is 4.58. The van der Waals surface area contributed by atoms with Crippen LogP contribution in [0.1, 0.15) is 65.2 Å². The van der Waals surface area contributed by atoms with Crippen LogP contribution in [0.3, 0.4) is 0 Å². The lowest BCUT2D eigenvalue weighted by Crippen LogP contribution is -2.60. The van der Waals surface area contributed by atoms with Gasteiger partial charge in [-0.3, -0.25) is 0 Å². The molecule has 0 aromatic heterocycles. The number of rotatable bonds is 0. The van der Waals surface area contributed by atoms with Gasteiger partial charge in [-0.15, -0.1) is 0 Å². The smallest absolute Gasteiger partial charge is 0.172 e. The molecule has 0 radical (unpaired) electrons. The maximum Gasteiger partial charge on any atom is 0.172 e. The maximum absolute atomic E-state index is 10.8. The van der Waals surface area contributed by atoms with Crippen LogP contribution in [0.5, 0.6) is 0 Å². The zero-order valence-electron chi connectivity index (χ0n) is 14.0. The summed E-state index contributed by atoms with van der Waals surface area (Å²) in [4.78, 5) is 0. The summed E-state index contributed by atoms with van der Waals surface area (Å²) in [6, 6.07) is 0.330. The number of hydrogen-bond donors (Lipinski definition) is 3. The van der Waals surface area contributed by atoms with Crippen molar-refractivity contribution in [1.29, 1.82) is 0 Å². The van der Waals surface area contributed by atoms with Crippen molar-refractivity contribution in [3.05, 3.63) is 11.6 Å². The molecule has 3 heteroatoms. The van der Waals surface area contributed by atoms with Gasteiger partial charge >= 0.3 is 0 Å². The highest BCUT2D eigenvalue weighted by molar-refractivity contribution is 5.28. The van der Waals surface area contributed by atoms with Crippen molar-refractivity contribution in [2.45, 2.75) is 77.0 Å². The van der Waals surface area contributed by atoms with Gasteiger partial charge < -0.3 is 15.9 Å². The zero-order valence-corrected chi connectivity index (χ0v) is 14.0.